The van der Waals surface area contributed by atoms with E-state index in [4.69, 9.17) is 5.11 Å². The van der Waals surface area contributed by atoms with Gasteiger partial charge in [0.25, 0.3) is 0 Å². The molecule has 0 atom stereocenters. The van der Waals surface area contributed by atoms with Crippen LogP contribution in [0.1, 0.15) is 41.9 Å². The van der Waals surface area contributed by atoms with Crippen molar-refractivity contribution in [2.75, 3.05) is 59.0 Å². The van der Waals surface area contributed by atoms with E-state index in [-0.39, 0.29) is 94.3 Å². The van der Waals surface area contributed by atoms with Crippen LogP contribution in [0.4, 0.5) is 25.2 Å². The second-order valence-electron chi connectivity index (χ2n) is 12.8. The summed E-state index contributed by atoms with van der Waals surface area (Å²) in [6, 6.07) is 21.0. The maximum Gasteiger partial charge on any atom is 2.00 e. The molecule has 2 radical (unpaired) electrons. The summed E-state index contributed by atoms with van der Waals surface area (Å²) in [6.45, 7) is 17.3. The number of hydrogen-bond acceptors (Lipinski definition) is 9. The Morgan fingerprint density at radius 2 is 0.982 bits per heavy atom. The number of aliphatic hydroxyl groups excluding tert-OH is 1. The standard InChI is InChI=1S/2C16H21N3S.C2H6O.3ClH.2Cu.F6P.H2O/c2*1-16(15-6-2-3-7-18-15)12-19(13-16)9-8-17-11-14-5-4-10-20-14;1-2-3;;;;;;1-7(2,3,4,5)6;/h2*2-7,10,17H,8-9,11-13H2,1H3;3H,2H2,1H3;3*1H;;;;1H2/q;;;;;;2*+2;-1;/p-3. The zero-order valence-electron chi connectivity index (χ0n) is 30.9. The molecule has 56 heavy (non-hydrogen) atoms. The van der Waals surface area contributed by atoms with Crippen molar-refractivity contribution in [3.63, 3.8) is 0 Å². The van der Waals surface area contributed by atoms with E-state index in [1.54, 1.807) is 6.92 Å². The van der Waals surface area contributed by atoms with E-state index in [9.17, 15) is 25.2 Å². The number of likely N-dealkylation sites (tertiary alicyclic amines) is 2. The van der Waals surface area contributed by atoms with Gasteiger partial charge >= 0.3 is 67.1 Å². The molecule has 0 bridgehead atoms. The Bertz CT molecular complexity index is 1410. The summed E-state index contributed by atoms with van der Waals surface area (Å²) in [5.41, 5.74) is 2.94. The van der Waals surface area contributed by atoms with Gasteiger partial charge in [-0.3, -0.25) is 9.97 Å². The summed E-state index contributed by atoms with van der Waals surface area (Å²) >= 11 is 3.63. The summed E-state index contributed by atoms with van der Waals surface area (Å²) in [5, 5.41) is 18.8. The minimum Gasteiger partial charge on any atom is -1.00 e. The molecule has 0 unspecified atom stereocenters. The number of halogens is 9. The monoisotopic (exact) mass is 1010 g/mol. The van der Waals surface area contributed by atoms with E-state index in [1.165, 1.54) is 21.1 Å². The van der Waals surface area contributed by atoms with Crippen LogP contribution in [0.25, 0.3) is 0 Å². The molecule has 330 valence electrons. The van der Waals surface area contributed by atoms with Gasteiger partial charge in [0.15, 0.2) is 0 Å². The Morgan fingerprint density at radius 1 is 0.661 bits per heavy atom. The number of thiophene rings is 2. The molecule has 4 aromatic heterocycles. The molecule has 0 saturated carbocycles. The molecular formula is C34H50Cl3Cu2F6N6O2PS2. The fourth-order valence-corrected chi connectivity index (χ4v) is 7.03. The van der Waals surface area contributed by atoms with Crippen LogP contribution in [0, 0.1) is 0 Å². The van der Waals surface area contributed by atoms with Crippen molar-refractivity contribution in [1.29, 1.82) is 0 Å². The van der Waals surface area contributed by atoms with Crippen molar-refractivity contribution >= 4 is 30.5 Å². The summed E-state index contributed by atoms with van der Waals surface area (Å²) in [5.74, 6) is 0. The topological polar surface area (TPSA) is 108 Å². The molecule has 6 rings (SSSR count). The number of aliphatic hydroxyl groups is 1. The molecule has 0 aliphatic carbocycles. The largest absolute Gasteiger partial charge is 2.00 e. The smallest absolute Gasteiger partial charge is 1.00 e. The Balaban J connectivity index is -0.000000359. The Labute approximate surface area is 374 Å². The minimum absolute atomic E-state index is 0. The first-order valence-electron chi connectivity index (χ1n) is 16.3. The van der Waals surface area contributed by atoms with E-state index in [0.717, 1.165) is 65.4 Å². The first-order valence-corrected chi connectivity index (χ1v) is 20.1. The predicted octanol–water partition coefficient (Wildman–Crippen LogP) is -1.42. The van der Waals surface area contributed by atoms with Gasteiger partial charge in [0.1, 0.15) is 0 Å². The summed E-state index contributed by atoms with van der Waals surface area (Å²) in [6.07, 6.45) is 3.79. The van der Waals surface area contributed by atoms with Gasteiger partial charge in [-0.25, -0.2) is 0 Å². The Hall–Kier alpha value is -0.621. The molecule has 4 aromatic rings. The SMILES string of the molecule is CC1(c2ccccn2)CN(CCNCc2cccs2)C1.CC1(c2ccccn2)CN(CCNCc2cccs2)C1.CCO.F[P-](F)(F)(F)(F)F.O.[Cl-].[Cl-].[Cl-].[Cu+2].[Cu+2]. The fourth-order valence-electron chi connectivity index (χ4n) is 5.69. The van der Waals surface area contributed by atoms with Gasteiger partial charge in [-0.15, -0.1) is 22.7 Å². The molecule has 2 fully saturated rings. The van der Waals surface area contributed by atoms with Crippen LogP contribution in [-0.4, -0.2) is 89.3 Å². The third-order valence-corrected chi connectivity index (χ3v) is 9.58. The Kier molecular flexibility index (Phi) is 30.2. The van der Waals surface area contributed by atoms with Gasteiger partial charge in [-0.05, 0) is 54.1 Å². The van der Waals surface area contributed by atoms with Crippen molar-refractivity contribution in [3.05, 3.63) is 105 Å². The first kappa shape index (κ1) is 62.0. The van der Waals surface area contributed by atoms with Crippen LogP contribution in [-0.2, 0) is 58.1 Å². The third-order valence-electron chi connectivity index (χ3n) is 7.83. The van der Waals surface area contributed by atoms with Crippen LogP contribution in [0.3, 0.4) is 0 Å². The van der Waals surface area contributed by atoms with Gasteiger partial charge in [0, 0.05) is 116 Å². The van der Waals surface area contributed by atoms with Gasteiger partial charge in [0.2, 0.25) is 0 Å². The molecule has 5 N–H and O–H groups in total. The van der Waals surface area contributed by atoms with Crippen molar-refractivity contribution in [2.24, 2.45) is 0 Å². The number of hydrogen-bond donors (Lipinski definition) is 3. The maximum atomic E-state index is 9.87. The summed E-state index contributed by atoms with van der Waals surface area (Å²) in [7, 11) is -10.7. The molecule has 6 heterocycles. The molecule has 22 heteroatoms. The number of nitrogens with one attached hydrogen (secondary N) is 2. The molecule has 0 spiro atoms. The van der Waals surface area contributed by atoms with Crippen molar-refractivity contribution in [1.82, 2.24) is 30.4 Å². The normalized spacial score (nSPS) is 16.0. The van der Waals surface area contributed by atoms with Crippen LogP contribution in [0.2, 0.25) is 0 Å². The van der Waals surface area contributed by atoms with E-state index in [0.29, 0.717) is 0 Å². The number of aromatic nitrogens is 2. The number of nitrogens with zero attached hydrogens (tertiary/aromatic N) is 4. The zero-order chi connectivity index (χ0) is 36.8. The maximum absolute atomic E-state index is 10.7. The quantitative estimate of drug-likeness (QED) is 0.0693. The molecule has 2 saturated heterocycles. The van der Waals surface area contributed by atoms with Crippen molar-refractivity contribution in [2.45, 2.75) is 44.7 Å². The van der Waals surface area contributed by atoms with Crippen LogP contribution in [0.15, 0.2) is 83.8 Å². The van der Waals surface area contributed by atoms with Crippen molar-refractivity contribution in [3.8, 4) is 0 Å². The second-order valence-corrected chi connectivity index (χ2v) is 16.7. The summed E-state index contributed by atoms with van der Waals surface area (Å²) < 4.78 is 59.2. The van der Waals surface area contributed by atoms with E-state index in [2.05, 4.69) is 104 Å². The Morgan fingerprint density at radius 3 is 1.23 bits per heavy atom. The van der Waals surface area contributed by atoms with Gasteiger partial charge in [-0.2, -0.15) is 0 Å². The molecule has 0 amide bonds. The van der Waals surface area contributed by atoms with E-state index < -0.39 is 7.81 Å². The third kappa shape index (κ3) is 25.8. The van der Waals surface area contributed by atoms with Crippen molar-refractivity contribution < 1.29 is 107 Å². The molecule has 8 nitrogen and oxygen atoms in total. The van der Waals surface area contributed by atoms with Gasteiger partial charge in [0.05, 0.1) is 0 Å². The molecule has 2 aliphatic rings. The number of rotatable bonds is 12. The molecule has 0 aromatic carbocycles. The van der Waals surface area contributed by atoms with Gasteiger partial charge < -0.3 is 68.2 Å². The molecule has 2 aliphatic heterocycles. The zero-order valence-corrected chi connectivity index (χ0v) is 37.5. The first-order chi connectivity index (χ1) is 23.4. The average Bonchev–Trinajstić information content (AvgIpc) is 3.74. The van der Waals surface area contributed by atoms with Crippen LogP contribution >= 0.6 is 30.5 Å². The predicted molar refractivity (Wildman–Crippen MR) is 198 cm³/mol. The van der Waals surface area contributed by atoms with Crippen LogP contribution in [0.5, 0.6) is 0 Å². The fraction of sp³-hybridized carbons (Fsp3) is 0.471. The summed E-state index contributed by atoms with van der Waals surface area (Å²) in [4.78, 5) is 16.8. The second kappa shape index (κ2) is 27.3. The molecular weight excluding hydrogens is 967 g/mol. The minimum atomic E-state index is -10.7. The van der Waals surface area contributed by atoms with E-state index in [1.807, 2.05) is 47.2 Å². The number of pyridine rings is 2. The van der Waals surface area contributed by atoms with Gasteiger partial charge in [-0.1, -0.05) is 38.1 Å². The van der Waals surface area contributed by atoms with E-state index >= 15 is 0 Å². The van der Waals surface area contributed by atoms with Crippen LogP contribution < -0.4 is 47.9 Å². The average molecular weight is 1020 g/mol.